The molecule has 1 aliphatic rings. The molecule has 3 amide bonds. The quantitative estimate of drug-likeness (QED) is 0.683. The molecule has 1 saturated heterocycles. The van der Waals surface area contributed by atoms with Gasteiger partial charge in [0.2, 0.25) is 0 Å². The molecular weight excluding hydrogens is 186 g/mol. The van der Waals surface area contributed by atoms with Gasteiger partial charge < -0.3 is 15.8 Å². The number of ether oxygens (including phenoxy) is 1. The molecule has 3 N–H and O–H groups in total. The van der Waals surface area contributed by atoms with Crippen molar-refractivity contribution in [3.8, 4) is 0 Å². The highest BCUT2D eigenvalue weighted by Gasteiger charge is 2.29. The average Bonchev–Trinajstić information content (AvgIpc) is 2.50. The summed E-state index contributed by atoms with van der Waals surface area (Å²) in [5, 5.41) is 2.52. The molecule has 0 aromatic rings. The predicted octanol–water partition coefficient (Wildman–Crippen LogP) is 0.233. The summed E-state index contributed by atoms with van der Waals surface area (Å²) in [6.45, 7) is 2.85. The number of carbonyl (C=O) groups is 2. The molecule has 0 aromatic carbocycles. The van der Waals surface area contributed by atoms with E-state index in [1.54, 1.807) is 0 Å². The lowest BCUT2D eigenvalue weighted by molar-refractivity contribution is 0.140. The maximum absolute atomic E-state index is 11.2. The van der Waals surface area contributed by atoms with Gasteiger partial charge in [-0.2, -0.15) is 0 Å². The number of primary amides is 1. The molecule has 0 bridgehead atoms. The minimum atomic E-state index is -0.622. The zero-order chi connectivity index (χ0) is 10.6. The van der Waals surface area contributed by atoms with Crippen molar-refractivity contribution in [2.75, 3.05) is 13.2 Å². The van der Waals surface area contributed by atoms with Crippen molar-refractivity contribution in [1.82, 2.24) is 10.2 Å². The summed E-state index contributed by atoms with van der Waals surface area (Å²) < 4.78 is 4.77. The van der Waals surface area contributed by atoms with Crippen molar-refractivity contribution in [2.45, 2.75) is 25.9 Å². The molecule has 1 heterocycles. The zero-order valence-corrected chi connectivity index (χ0v) is 8.16. The number of cyclic esters (lactones) is 1. The van der Waals surface area contributed by atoms with Crippen LogP contribution in [0.1, 0.15) is 19.8 Å². The molecule has 6 heteroatoms. The van der Waals surface area contributed by atoms with Gasteiger partial charge >= 0.3 is 12.1 Å². The minimum Gasteiger partial charge on any atom is -0.447 e. The lowest BCUT2D eigenvalue weighted by Gasteiger charge is -2.25. The fourth-order valence-corrected chi connectivity index (χ4v) is 1.43. The van der Waals surface area contributed by atoms with Crippen LogP contribution in [0.15, 0.2) is 0 Å². The van der Waals surface area contributed by atoms with Crippen LogP contribution in [0.2, 0.25) is 0 Å². The van der Waals surface area contributed by atoms with E-state index in [1.807, 2.05) is 6.92 Å². The zero-order valence-electron chi connectivity index (χ0n) is 8.16. The van der Waals surface area contributed by atoms with Crippen LogP contribution in [0, 0.1) is 0 Å². The van der Waals surface area contributed by atoms with Gasteiger partial charge in [0.15, 0.2) is 0 Å². The van der Waals surface area contributed by atoms with Gasteiger partial charge in [-0.3, -0.25) is 4.90 Å². The van der Waals surface area contributed by atoms with Crippen molar-refractivity contribution in [3.63, 3.8) is 0 Å². The molecule has 0 saturated carbocycles. The van der Waals surface area contributed by atoms with Crippen molar-refractivity contribution < 1.29 is 14.3 Å². The molecule has 1 atom stereocenters. The number of urea groups is 1. The van der Waals surface area contributed by atoms with Gasteiger partial charge in [-0.05, 0) is 6.42 Å². The van der Waals surface area contributed by atoms with E-state index in [4.69, 9.17) is 10.5 Å². The van der Waals surface area contributed by atoms with E-state index in [0.717, 1.165) is 6.42 Å². The normalized spacial score (nSPS) is 17.8. The van der Waals surface area contributed by atoms with Crippen molar-refractivity contribution >= 4 is 12.1 Å². The highest BCUT2D eigenvalue weighted by molar-refractivity contribution is 5.74. The van der Waals surface area contributed by atoms with Crippen molar-refractivity contribution in [3.05, 3.63) is 0 Å². The van der Waals surface area contributed by atoms with Gasteiger partial charge in [-0.15, -0.1) is 0 Å². The first-order valence-corrected chi connectivity index (χ1v) is 4.64. The molecule has 1 aliphatic heterocycles. The Morgan fingerprint density at radius 3 is 2.93 bits per heavy atom. The standard InChI is InChI=1S/C8H15N3O3/c1-2-3-6(10-7(9)12)11-4-5-14-8(11)13/h6H,2-5H2,1H3,(H3,9,10,12). The Morgan fingerprint density at radius 2 is 2.50 bits per heavy atom. The van der Waals surface area contributed by atoms with E-state index >= 15 is 0 Å². The summed E-state index contributed by atoms with van der Waals surface area (Å²) in [7, 11) is 0. The van der Waals surface area contributed by atoms with Gasteiger partial charge in [0.05, 0.1) is 6.54 Å². The topological polar surface area (TPSA) is 84.7 Å². The van der Waals surface area contributed by atoms with E-state index in [-0.39, 0.29) is 6.17 Å². The fourth-order valence-electron chi connectivity index (χ4n) is 1.43. The molecular formula is C8H15N3O3. The SMILES string of the molecule is CCCC(NC(N)=O)N1CCOC1=O. The summed E-state index contributed by atoms with van der Waals surface area (Å²) in [4.78, 5) is 23.3. The highest BCUT2D eigenvalue weighted by Crippen LogP contribution is 2.10. The number of carbonyl (C=O) groups excluding carboxylic acids is 2. The number of nitrogens with two attached hydrogens (primary N) is 1. The third-order valence-electron chi connectivity index (χ3n) is 2.04. The van der Waals surface area contributed by atoms with Gasteiger partial charge in [0, 0.05) is 0 Å². The van der Waals surface area contributed by atoms with Crippen LogP contribution >= 0.6 is 0 Å². The van der Waals surface area contributed by atoms with Crippen LogP contribution in [-0.4, -0.2) is 36.3 Å². The summed E-state index contributed by atoms with van der Waals surface area (Å²) in [5.41, 5.74) is 5.01. The Balaban J connectivity index is 2.56. The Morgan fingerprint density at radius 1 is 1.79 bits per heavy atom. The number of hydrogen-bond donors (Lipinski definition) is 2. The van der Waals surface area contributed by atoms with Gasteiger partial charge in [0.25, 0.3) is 0 Å². The first kappa shape index (κ1) is 10.6. The number of rotatable bonds is 4. The van der Waals surface area contributed by atoms with Gasteiger partial charge in [0.1, 0.15) is 12.8 Å². The molecule has 1 rings (SSSR count). The number of nitrogens with one attached hydrogen (secondary N) is 1. The molecule has 1 fully saturated rings. The van der Waals surface area contributed by atoms with E-state index < -0.39 is 12.1 Å². The van der Waals surface area contributed by atoms with Crippen LogP contribution in [0.4, 0.5) is 9.59 Å². The largest absolute Gasteiger partial charge is 0.447 e. The van der Waals surface area contributed by atoms with Crippen molar-refractivity contribution in [1.29, 1.82) is 0 Å². The molecule has 6 nitrogen and oxygen atoms in total. The number of nitrogens with zero attached hydrogens (tertiary/aromatic N) is 1. The summed E-state index contributed by atoms with van der Waals surface area (Å²) in [5.74, 6) is 0. The highest BCUT2D eigenvalue weighted by atomic mass is 16.6. The predicted molar refractivity (Wildman–Crippen MR) is 49.5 cm³/mol. The first-order chi connectivity index (χ1) is 6.65. The molecule has 80 valence electrons. The number of amides is 3. The van der Waals surface area contributed by atoms with Crippen LogP contribution in [-0.2, 0) is 4.74 Å². The van der Waals surface area contributed by atoms with Crippen LogP contribution in [0.3, 0.4) is 0 Å². The first-order valence-electron chi connectivity index (χ1n) is 4.64. The minimum absolute atomic E-state index is 0.340. The third-order valence-corrected chi connectivity index (χ3v) is 2.04. The monoisotopic (exact) mass is 201 g/mol. The summed E-state index contributed by atoms with van der Waals surface area (Å²) in [6.07, 6.45) is 0.803. The van der Waals surface area contributed by atoms with E-state index in [1.165, 1.54) is 4.90 Å². The Labute approximate surface area is 82.4 Å². The number of hydrogen-bond acceptors (Lipinski definition) is 3. The van der Waals surface area contributed by atoms with Crippen LogP contribution in [0.5, 0.6) is 0 Å². The average molecular weight is 201 g/mol. The van der Waals surface area contributed by atoms with E-state index in [0.29, 0.717) is 19.6 Å². The second-order valence-electron chi connectivity index (χ2n) is 3.12. The Bertz CT molecular complexity index is 232. The van der Waals surface area contributed by atoms with Crippen molar-refractivity contribution in [2.24, 2.45) is 5.73 Å². The lowest BCUT2D eigenvalue weighted by atomic mass is 10.2. The molecule has 0 aliphatic carbocycles. The molecule has 0 spiro atoms. The van der Waals surface area contributed by atoms with Gasteiger partial charge in [-0.1, -0.05) is 13.3 Å². The van der Waals surface area contributed by atoms with E-state index in [2.05, 4.69) is 5.32 Å². The third kappa shape index (κ3) is 2.51. The second kappa shape index (κ2) is 4.69. The molecule has 0 aromatic heterocycles. The smallest absolute Gasteiger partial charge is 0.411 e. The van der Waals surface area contributed by atoms with Crippen LogP contribution < -0.4 is 11.1 Å². The second-order valence-corrected chi connectivity index (χ2v) is 3.12. The van der Waals surface area contributed by atoms with Crippen LogP contribution in [0.25, 0.3) is 0 Å². The summed E-state index contributed by atoms with van der Waals surface area (Å²) in [6, 6.07) is -0.622. The summed E-state index contributed by atoms with van der Waals surface area (Å²) >= 11 is 0. The Hall–Kier alpha value is -1.46. The lowest BCUT2D eigenvalue weighted by Crippen LogP contribution is -2.50. The maximum atomic E-state index is 11.2. The Kier molecular flexibility index (Phi) is 3.55. The molecule has 14 heavy (non-hydrogen) atoms. The maximum Gasteiger partial charge on any atom is 0.411 e. The fraction of sp³-hybridized carbons (Fsp3) is 0.750. The van der Waals surface area contributed by atoms with Gasteiger partial charge in [-0.25, -0.2) is 9.59 Å². The molecule has 1 unspecified atom stereocenters. The van der Waals surface area contributed by atoms with E-state index in [9.17, 15) is 9.59 Å². The molecule has 0 radical (unpaired) electrons.